The zero-order valence-electron chi connectivity index (χ0n) is 17.3. The summed E-state index contributed by atoms with van der Waals surface area (Å²) < 4.78 is 12.1. The normalized spacial score (nSPS) is 13.5. The highest BCUT2D eigenvalue weighted by atomic mass is 79.9. The van der Waals surface area contributed by atoms with E-state index in [9.17, 15) is 9.59 Å². The van der Waals surface area contributed by atoms with Crippen LogP contribution in [-0.4, -0.2) is 31.7 Å². The molecule has 0 saturated heterocycles. The minimum atomic E-state index is -0.411. The molecule has 0 radical (unpaired) electrons. The first kappa shape index (κ1) is 22.0. The molecule has 3 rings (SSSR count). The van der Waals surface area contributed by atoms with Crippen molar-refractivity contribution < 1.29 is 19.1 Å². The molecule has 7 nitrogen and oxygen atoms in total. The second kappa shape index (κ2) is 9.84. The number of fused-ring (bicyclic) bond motifs is 1. The topological polar surface area (TPSA) is 88.7 Å². The van der Waals surface area contributed by atoms with Crippen LogP contribution >= 0.6 is 15.9 Å². The van der Waals surface area contributed by atoms with E-state index in [-0.39, 0.29) is 24.4 Å². The number of hydrogen-bond donors (Lipinski definition) is 3. The number of hydrogen-bond acceptors (Lipinski definition) is 4. The first-order valence-corrected chi connectivity index (χ1v) is 10.6. The fourth-order valence-corrected chi connectivity index (χ4v) is 3.68. The predicted molar refractivity (Wildman–Crippen MR) is 119 cm³/mol. The zero-order chi connectivity index (χ0) is 21.7. The molecule has 1 heterocycles. The maximum Gasteiger partial charge on any atom is 0.315 e. The summed E-state index contributed by atoms with van der Waals surface area (Å²) in [5, 5.41) is 8.37. The third-order valence-electron chi connectivity index (χ3n) is 4.75. The van der Waals surface area contributed by atoms with E-state index < -0.39 is 6.03 Å². The Morgan fingerprint density at radius 1 is 1.07 bits per heavy atom. The highest BCUT2D eigenvalue weighted by molar-refractivity contribution is 9.10. The van der Waals surface area contributed by atoms with Gasteiger partial charge in [0.1, 0.15) is 13.2 Å². The first-order chi connectivity index (χ1) is 14.3. The number of carbonyl (C=O) groups excluding carboxylic acids is 2. The molecule has 160 valence electrons. The van der Waals surface area contributed by atoms with Gasteiger partial charge in [-0.05, 0) is 54.3 Å². The molecule has 0 aromatic heterocycles. The van der Waals surface area contributed by atoms with Gasteiger partial charge in [-0.15, -0.1) is 0 Å². The van der Waals surface area contributed by atoms with E-state index in [2.05, 4.69) is 31.9 Å². The highest BCUT2D eigenvalue weighted by Crippen LogP contribution is 2.34. The second-order valence-electron chi connectivity index (χ2n) is 7.46. The van der Waals surface area contributed by atoms with Gasteiger partial charge in [-0.3, -0.25) is 4.79 Å². The molecular formula is C22H26BrN3O4. The lowest BCUT2D eigenvalue weighted by atomic mass is 9.95. The van der Waals surface area contributed by atoms with Gasteiger partial charge in [-0.25, -0.2) is 4.79 Å². The molecule has 3 amide bonds. The van der Waals surface area contributed by atoms with Crippen molar-refractivity contribution in [3.05, 3.63) is 52.0 Å². The van der Waals surface area contributed by atoms with Crippen molar-refractivity contribution in [3.63, 3.8) is 0 Å². The van der Waals surface area contributed by atoms with Gasteiger partial charge in [0.25, 0.3) is 0 Å². The van der Waals surface area contributed by atoms with Gasteiger partial charge in [-0.1, -0.05) is 35.8 Å². The summed E-state index contributed by atoms with van der Waals surface area (Å²) in [5.41, 5.74) is 2.56. The smallest absolute Gasteiger partial charge is 0.315 e. The van der Waals surface area contributed by atoms with Crippen LogP contribution in [0, 0.1) is 12.8 Å². The number of rotatable bonds is 6. The number of ether oxygens (including phenoxy) is 2. The van der Waals surface area contributed by atoms with E-state index in [1.54, 1.807) is 0 Å². The molecular weight excluding hydrogens is 450 g/mol. The van der Waals surface area contributed by atoms with E-state index in [0.29, 0.717) is 30.4 Å². The molecule has 0 saturated carbocycles. The van der Waals surface area contributed by atoms with Crippen LogP contribution in [0.1, 0.15) is 31.0 Å². The van der Waals surface area contributed by atoms with Crippen LogP contribution in [0.25, 0.3) is 0 Å². The molecule has 2 aromatic rings. The van der Waals surface area contributed by atoms with Crippen LogP contribution in [-0.2, 0) is 4.79 Å². The molecule has 1 aliphatic rings. The van der Waals surface area contributed by atoms with Crippen molar-refractivity contribution in [1.82, 2.24) is 10.6 Å². The average molecular weight is 476 g/mol. The van der Waals surface area contributed by atoms with Crippen LogP contribution in [0.2, 0.25) is 0 Å². The molecule has 3 N–H and O–H groups in total. The third-order valence-corrected chi connectivity index (χ3v) is 5.24. The molecule has 0 aliphatic carbocycles. The summed E-state index contributed by atoms with van der Waals surface area (Å²) in [6.45, 7) is 6.84. The summed E-state index contributed by atoms with van der Waals surface area (Å²) in [5.74, 6) is 1.22. The maximum atomic E-state index is 12.4. The van der Waals surface area contributed by atoms with Crippen LogP contribution in [0.4, 0.5) is 10.5 Å². The minimum absolute atomic E-state index is 0.132. The molecule has 1 aliphatic heterocycles. The highest BCUT2D eigenvalue weighted by Gasteiger charge is 2.21. The second-order valence-corrected chi connectivity index (χ2v) is 8.37. The van der Waals surface area contributed by atoms with Crippen molar-refractivity contribution >= 4 is 33.6 Å². The zero-order valence-corrected chi connectivity index (χ0v) is 18.8. The lowest BCUT2D eigenvalue weighted by molar-refractivity contribution is -0.115. The Labute approximate surface area is 184 Å². The Balaban J connectivity index is 1.57. The lowest BCUT2D eigenvalue weighted by Gasteiger charge is -2.25. The van der Waals surface area contributed by atoms with Crippen LogP contribution in [0.3, 0.4) is 0 Å². The molecule has 0 bridgehead atoms. The molecule has 8 heteroatoms. The van der Waals surface area contributed by atoms with Gasteiger partial charge in [0, 0.05) is 10.2 Å². The largest absolute Gasteiger partial charge is 0.486 e. The molecule has 0 fully saturated rings. The van der Waals surface area contributed by atoms with Gasteiger partial charge in [0.15, 0.2) is 11.5 Å². The number of benzene rings is 2. The molecule has 2 aromatic carbocycles. The van der Waals surface area contributed by atoms with Crippen LogP contribution in [0.15, 0.2) is 40.9 Å². The van der Waals surface area contributed by atoms with Gasteiger partial charge < -0.3 is 25.4 Å². The Morgan fingerprint density at radius 2 is 1.80 bits per heavy atom. The standard InChI is InChI=1S/C22H26BrN3O4/c1-13(2)21(15-4-7-18-19(11-15)30-9-8-29-18)26-22(28)24-12-20(27)25-17-6-5-16(23)10-14(17)3/h4-7,10-11,13,21H,8-9,12H2,1-3H3,(H,25,27)(H2,24,26,28). The fraction of sp³-hybridized carbons (Fsp3) is 0.364. The molecule has 30 heavy (non-hydrogen) atoms. The van der Waals surface area contributed by atoms with Crippen molar-refractivity contribution in [2.24, 2.45) is 5.92 Å². The number of amides is 3. The van der Waals surface area contributed by atoms with Crippen molar-refractivity contribution in [1.29, 1.82) is 0 Å². The monoisotopic (exact) mass is 475 g/mol. The van der Waals surface area contributed by atoms with Gasteiger partial charge in [0.05, 0.1) is 12.6 Å². The molecule has 1 atom stereocenters. The first-order valence-electron chi connectivity index (χ1n) is 9.83. The number of aryl methyl sites for hydroxylation is 1. The summed E-state index contributed by atoms with van der Waals surface area (Å²) >= 11 is 3.39. The summed E-state index contributed by atoms with van der Waals surface area (Å²) in [4.78, 5) is 24.6. The van der Waals surface area contributed by atoms with E-state index in [0.717, 1.165) is 15.6 Å². The number of nitrogens with one attached hydrogen (secondary N) is 3. The van der Waals surface area contributed by atoms with Crippen molar-refractivity contribution in [3.8, 4) is 11.5 Å². The summed E-state index contributed by atoms with van der Waals surface area (Å²) in [6.07, 6.45) is 0. The van der Waals surface area contributed by atoms with Crippen LogP contribution in [0.5, 0.6) is 11.5 Å². The SMILES string of the molecule is Cc1cc(Br)ccc1NC(=O)CNC(=O)NC(c1ccc2c(c1)OCCO2)C(C)C. The third kappa shape index (κ3) is 5.66. The quantitative estimate of drug-likeness (QED) is 0.584. The van der Waals surface area contributed by atoms with Crippen molar-refractivity contribution in [2.75, 3.05) is 25.1 Å². The van der Waals surface area contributed by atoms with E-state index in [1.807, 2.05) is 57.2 Å². The van der Waals surface area contributed by atoms with Crippen LogP contribution < -0.4 is 25.4 Å². The Kier molecular flexibility index (Phi) is 7.20. The number of anilines is 1. The maximum absolute atomic E-state index is 12.4. The molecule has 1 unspecified atom stereocenters. The summed E-state index contributed by atoms with van der Waals surface area (Å²) in [7, 11) is 0. The van der Waals surface area contributed by atoms with E-state index >= 15 is 0 Å². The number of carbonyl (C=O) groups is 2. The summed E-state index contributed by atoms with van der Waals surface area (Å²) in [6, 6.07) is 10.6. The lowest BCUT2D eigenvalue weighted by Crippen LogP contribution is -2.42. The van der Waals surface area contributed by atoms with E-state index in [1.165, 1.54) is 0 Å². The Bertz CT molecular complexity index is 933. The van der Waals surface area contributed by atoms with Crippen molar-refractivity contribution in [2.45, 2.75) is 26.8 Å². The number of halogens is 1. The predicted octanol–water partition coefficient (Wildman–Crippen LogP) is 4.16. The number of urea groups is 1. The average Bonchev–Trinajstić information content (AvgIpc) is 2.72. The van der Waals surface area contributed by atoms with Gasteiger partial charge in [-0.2, -0.15) is 0 Å². The fourth-order valence-electron chi connectivity index (χ4n) is 3.20. The Hall–Kier alpha value is -2.74. The van der Waals surface area contributed by atoms with Gasteiger partial charge in [0.2, 0.25) is 5.91 Å². The Morgan fingerprint density at radius 3 is 2.50 bits per heavy atom. The van der Waals surface area contributed by atoms with E-state index in [4.69, 9.17) is 9.47 Å². The van der Waals surface area contributed by atoms with Gasteiger partial charge >= 0.3 is 6.03 Å². The minimum Gasteiger partial charge on any atom is -0.486 e. The molecule has 0 spiro atoms.